The molecule has 21 heavy (non-hydrogen) atoms. The number of amides is 1. The molecule has 1 rings (SSSR count). The molecule has 0 fully saturated rings. The summed E-state index contributed by atoms with van der Waals surface area (Å²) in [5.41, 5.74) is 2.63. The van der Waals surface area contributed by atoms with E-state index in [-0.39, 0.29) is 0 Å². The first-order chi connectivity index (χ1) is 10.2. The molecule has 0 aliphatic heterocycles. The molecule has 0 bridgehead atoms. The summed E-state index contributed by atoms with van der Waals surface area (Å²) in [4.78, 5) is 14.4. The van der Waals surface area contributed by atoms with Gasteiger partial charge in [-0.25, -0.2) is 0 Å². The van der Waals surface area contributed by atoms with E-state index in [1.807, 2.05) is 0 Å². The summed E-state index contributed by atoms with van der Waals surface area (Å²) < 4.78 is 0. The number of unbranched alkanes of at least 4 members (excludes halogenated alkanes) is 2. The fraction of sp³-hybridized carbons (Fsp3) is 0.632. The number of rotatable bonds is 10. The summed E-state index contributed by atoms with van der Waals surface area (Å²) >= 11 is 0. The van der Waals surface area contributed by atoms with Gasteiger partial charge in [0.1, 0.15) is 0 Å². The molecule has 0 spiro atoms. The Balaban J connectivity index is 2.35. The first kappa shape index (κ1) is 17.7. The van der Waals surface area contributed by atoms with E-state index in [9.17, 15) is 4.79 Å². The Bertz CT molecular complexity index is 389. The summed E-state index contributed by atoms with van der Waals surface area (Å²) in [5, 5.41) is 0. The minimum absolute atomic E-state index is 0.337. The smallest absolute Gasteiger partial charge is 0.222 e. The van der Waals surface area contributed by atoms with E-state index in [4.69, 9.17) is 0 Å². The van der Waals surface area contributed by atoms with E-state index in [0.717, 1.165) is 51.6 Å². The second-order valence-electron chi connectivity index (χ2n) is 5.93. The number of hydrogen-bond donors (Lipinski definition) is 0. The van der Waals surface area contributed by atoms with Gasteiger partial charge in [0.15, 0.2) is 0 Å². The van der Waals surface area contributed by atoms with Crippen LogP contribution in [0.4, 0.5) is 0 Å². The van der Waals surface area contributed by atoms with E-state index < -0.39 is 0 Å². The van der Waals surface area contributed by atoms with Crippen molar-refractivity contribution in [2.45, 2.75) is 65.7 Å². The average molecular weight is 289 g/mol. The van der Waals surface area contributed by atoms with Gasteiger partial charge in [-0.05, 0) is 38.2 Å². The second-order valence-corrected chi connectivity index (χ2v) is 5.93. The molecule has 0 N–H and O–H groups in total. The lowest BCUT2D eigenvalue weighted by Gasteiger charge is -2.22. The van der Waals surface area contributed by atoms with Crippen LogP contribution in [0.3, 0.4) is 0 Å². The molecule has 1 amide bonds. The van der Waals surface area contributed by atoms with Crippen molar-refractivity contribution in [3.05, 3.63) is 35.4 Å². The minimum atomic E-state index is 0.337. The Morgan fingerprint density at radius 2 is 1.52 bits per heavy atom. The number of aryl methyl sites for hydroxylation is 2. The minimum Gasteiger partial charge on any atom is -0.343 e. The van der Waals surface area contributed by atoms with Crippen molar-refractivity contribution >= 4 is 5.91 Å². The molecule has 0 radical (unpaired) electrons. The number of carbonyl (C=O) groups is 1. The van der Waals surface area contributed by atoms with Gasteiger partial charge in [-0.3, -0.25) is 4.79 Å². The van der Waals surface area contributed by atoms with E-state index >= 15 is 0 Å². The number of carbonyl (C=O) groups excluding carboxylic acids is 1. The van der Waals surface area contributed by atoms with E-state index in [1.54, 1.807) is 0 Å². The molecular formula is C19H31NO. The maximum Gasteiger partial charge on any atom is 0.222 e. The third-order valence-corrected chi connectivity index (χ3v) is 3.89. The van der Waals surface area contributed by atoms with Gasteiger partial charge in [-0.15, -0.1) is 0 Å². The third kappa shape index (κ3) is 7.31. The van der Waals surface area contributed by atoms with Gasteiger partial charge in [-0.1, -0.05) is 56.5 Å². The van der Waals surface area contributed by atoms with Gasteiger partial charge in [0.2, 0.25) is 5.91 Å². The highest BCUT2D eigenvalue weighted by Gasteiger charge is 2.11. The van der Waals surface area contributed by atoms with Crippen molar-refractivity contribution in [2.75, 3.05) is 13.1 Å². The summed E-state index contributed by atoms with van der Waals surface area (Å²) in [6, 6.07) is 8.63. The first-order valence-electron chi connectivity index (χ1n) is 8.50. The van der Waals surface area contributed by atoms with Crippen molar-refractivity contribution in [3.8, 4) is 0 Å². The van der Waals surface area contributed by atoms with Crippen LogP contribution >= 0.6 is 0 Å². The van der Waals surface area contributed by atoms with Crippen LogP contribution in [0.15, 0.2) is 24.3 Å². The van der Waals surface area contributed by atoms with Crippen molar-refractivity contribution in [1.82, 2.24) is 4.90 Å². The van der Waals surface area contributed by atoms with Crippen molar-refractivity contribution in [1.29, 1.82) is 0 Å². The molecular weight excluding hydrogens is 258 g/mol. The quantitative estimate of drug-likeness (QED) is 0.609. The van der Waals surface area contributed by atoms with Crippen LogP contribution in [0.5, 0.6) is 0 Å². The van der Waals surface area contributed by atoms with Crippen molar-refractivity contribution in [3.63, 3.8) is 0 Å². The molecule has 0 heterocycles. The Hall–Kier alpha value is -1.31. The highest BCUT2D eigenvalue weighted by molar-refractivity contribution is 5.76. The average Bonchev–Trinajstić information content (AvgIpc) is 2.49. The molecule has 0 aliphatic rings. The number of hydrogen-bond acceptors (Lipinski definition) is 1. The van der Waals surface area contributed by atoms with Gasteiger partial charge in [0, 0.05) is 19.5 Å². The van der Waals surface area contributed by atoms with Gasteiger partial charge in [0.25, 0.3) is 0 Å². The van der Waals surface area contributed by atoms with Crippen molar-refractivity contribution < 1.29 is 4.79 Å². The lowest BCUT2D eigenvalue weighted by Crippen LogP contribution is -2.32. The van der Waals surface area contributed by atoms with E-state index in [1.165, 1.54) is 11.1 Å². The highest BCUT2D eigenvalue weighted by atomic mass is 16.2. The predicted molar refractivity (Wildman–Crippen MR) is 90.5 cm³/mol. The molecule has 0 aromatic heterocycles. The Morgan fingerprint density at radius 3 is 2.05 bits per heavy atom. The lowest BCUT2D eigenvalue weighted by atomic mass is 10.1. The van der Waals surface area contributed by atoms with Crippen LogP contribution in [-0.2, 0) is 11.2 Å². The molecule has 0 unspecified atom stereocenters. The summed E-state index contributed by atoms with van der Waals surface area (Å²) in [6.45, 7) is 8.33. The molecule has 118 valence electrons. The first-order valence-corrected chi connectivity index (χ1v) is 8.50. The van der Waals surface area contributed by atoms with Gasteiger partial charge >= 0.3 is 0 Å². The summed E-state index contributed by atoms with van der Waals surface area (Å²) in [6.07, 6.45) is 7.18. The predicted octanol–water partition coefficient (Wildman–Crippen LogP) is 4.75. The molecule has 2 nitrogen and oxygen atoms in total. The Kier molecular flexibility index (Phi) is 8.80. The van der Waals surface area contributed by atoms with Gasteiger partial charge < -0.3 is 4.90 Å². The monoisotopic (exact) mass is 289 g/mol. The standard InChI is InChI=1S/C19H31NO/c1-4-6-15-20(16-7-5-2)19(21)10-8-9-18-13-11-17(3)12-14-18/h11-14H,4-10,15-16H2,1-3H3. The lowest BCUT2D eigenvalue weighted by molar-refractivity contribution is -0.131. The third-order valence-electron chi connectivity index (χ3n) is 3.89. The normalized spacial score (nSPS) is 10.6. The second kappa shape index (κ2) is 10.4. The van der Waals surface area contributed by atoms with Crippen LogP contribution < -0.4 is 0 Å². The van der Waals surface area contributed by atoms with Crippen LogP contribution in [-0.4, -0.2) is 23.9 Å². The molecule has 0 atom stereocenters. The summed E-state index contributed by atoms with van der Waals surface area (Å²) in [7, 11) is 0. The maximum absolute atomic E-state index is 12.3. The van der Waals surface area contributed by atoms with Crippen LogP contribution in [0.25, 0.3) is 0 Å². The zero-order valence-corrected chi connectivity index (χ0v) is 14.0. The SMILES string of the molecule is CCCCN(CCCC)C(=O)CCCc1ccc(C)cc1. The van der Waals surface area contributed by atoms with Gasteiger partial charge in [-0.2, -0.15) is 0 Å². The fourth-order valence-corrected chi connectivity index (χ4v) is 2.42. The Morgan fingerprint density at radius 1 is 0.952 bits per heavy atom. The Labute approximate surface area is 130 Å². The van der Waals surface area contributed by atoms with Crippen LogP contribution in [0, 0.1) is 6.92 Å². The molecule has 1 aromatic carbocycles. The maximum atomic E-state index is 12.3. The molecule has 1 aromatic rings. The zero-order valence-electron chi connectivity index (χ0n) is 14.0. The molecule has 2 heteroatoms. The van der Waals surface area contributed by atoms with E-state index in [2.05, 4.69) is 49.9 Å². The number of nitrogens with zero attached hydrogens (tertiary/aromatic N) is 1. The molecule has 0 saturated heterocycles. The highest BCUT2D eigenvalue weighted by Crippen LogP contribution is 2.09. The van der Waals surface area contributed by atoms with Gasteiger partial charge in [0.05, 0.1) is 0 Å². The number of benzene rings is 1. The van der Waals surface area contributed by atoms with Crippen LogP contribution in [0.1, 0.15) is 63.5 Å². The topological polar surface area (TPSA) is 20.3 Å². The largest absolute Gasteiger partial charge is 0.343 e. The molecule has 0 aliphatic carbocycles. The summed E-state index contributed by atoms with van der Waals surface area (Å²) in [5.74, 6) is 0.337. The zero-order chi connectivity index (χ0) is 15.5. The van der Waals surface area contributed by atoms with Crippen LogP contribution in [0.2, 0.25) is 0 Å². The van der Waals surface area contributed by atoms with E-state index in [0.29, 0.717) is 12.3 Å². The van der Waals surface area contributed by atoms with Crippen molar-refractivity contribution in [2.24, 2.45) is 0 Å². The fourth-order valence-electron chi connectivity index (χ4n) is 2.42. The molecule has 0 saturated carbocycles.